The fourth-order valence-corrected chi connectivity index (χ4v) is 0.777. The Hall–Kier alpha value is -0.845. The molecule has 0 aromatic heterocycles. The molecular weight excluding hydrogens is 119 g/mol. The van der Waals surface area contributed by atoms with Crippen LogP contribution < -0.4 is 0 Å². The van der Waals surface area contributed by atoms with Crippen molar-refractivity contribution in [1.29, 1.82) is 0 Å². The quantitative estimate of drug-likeness (QED) is 0.347. The van der Waals surface area contributed by atoms with E-state index in [1.54, 1.807) is 0 Å². The molecule has 0 spiro atoms. The van der Waals surface area contributed by atoms with Crippen molar-refractivity contribution in [3.05, 3.63) is 42.9 Å². The van der Waals surface area contributed by atoms with Crippen molar-refractivity contribution < 1.29 is 0 Å². The van der Waals surface area contributed by atoms with Crippen LogP contribution >= 0.6 is 0 Å². The molecule has 1 aliphatic carbocycles. The van der Waals surface area contributed by atoms with Gasteiger partial charge in [-0.3, -0.25) is 0 Å². The second-order valence-electron chi connectivity index (χ2n) is 2.80. The molecule has 1 heteroatoms. The van der Waals surface area contributed by atoms with E-state index in [1.165, 1.54) is 0 Å². The zero-order chi connectivity index (χ0) is 7.61. The highest BCUT2D eigenvalue weighted by Crippen LogP contribution is 2.27. The summed E-state index contributed by atoms with van der Waals surface area (Å²) in [5.41, 5.74) is 0.991. The van der Waals surface area contributed by atoms with Crippen LogP contribution in [0.4, 0.5) is 0 Å². The third kappa shape index (κ3) is 1.83. The van der Waals surface area contributed by atoms with Gasteiger partial charge in [0.25, 0.3) is 0 Å². The summed E-state index contributed by atoms with van der Waals surface area (Å²) >= 11 is 0. The van der Waals surface area contributed by atoms with Gasteiger partial charge in [0.1, 0.15) is 0 Å². The summed E-state index contributed by atoms with van der Waals surface area (Å²) < 4.78 is 0. The summed E-state index contributed by atoms with van der Waals surface area (Å²) in [5, 5.41) is -0.310. The van der Waals surface area contributed by atoms with E-state index in [1.807, 2.05) is 37.6 Å². The Morgan fingerprint density at radius 1 is 1.60 bits per heavy atom. The molecule has 0 nitrogen and oxygen atoms in total. The lowest BCUT2D eigenvalue weighted by Gasteiger charge is -2.16. The van der Waals surface area contributed by atoms with Crippen molar-refractivity contribution in [1.82, 2.24) is 0 Å². The monoisotopic (exact) mass is 129 g/mol. The molecule has 0 aromatic carbocycles. The van der Waals surface area contributed by atoms with Crippen LogP contribution in [-0.4, -0.2) is 7.85 Å². The van der Waals surface area contributed by atoms with Crippen LogP contribution in [-0.2, 0) is 0 Å². The van der Waals surface area contributed by atoms with E-state index in [2.05, 4.69) is 6.58 Å². The van der Waals surface area contributed by atoms with Crippen LogP contribution in [0.25, 0.3) is 0 Å². The lowest BCUT2D eigenvalue weighted by molar-refractivity contribution is 0.971. The van der Waals surface area contributed by atoms with Gasteiger partial charge in [-0.1, -0.05) is 12.2 Å². The van der Waals surface area contributed by atoms with Gasteiger partial charge in [0.05, 0.1) is 7.85 Å². The molecule has 1 atom stereocenters. The summed E-state index contributed by atoms with van der Waals surface area (Å²) in [7, 11) is 5.81. The predicted octanol–water partition coefficient (Wildman–Crippen LogP) is 2.22. The average molecular weight is 129 g/mol. The smallest absolute Gasteiger partial charge is 0.0712 e. The zero-order valence-electron chi connectivity index (χ0n) is 6.17. The van der Waals surface area contributed by atoms with E-state index in [9.17, 15) is 0 Å². The maximum absolute atomic E-state index is 5.81. The molecule has 0 heterocycles. The number of hydrogen-bond acceptors (Lipinski definition) is 0. The van der Waals surface area contributed by atoms with Crippen molar-refractivity contribution in [2.45, 2.75) is 12.2 Å². The molecule has 10 heavy (non-hydrogen) atoms. The van der Waals surface area contributed by atoms with E-state index in [4.69, 9.17) is 7.85 Å². The largest absolute Gasteiger partial charge is 0.171 e. The Balaban J connectivity index is 2.84. The Bertz CT molecular complexity index is 197. The van der Waals surface area contributed by atoms with E-state index >= 15 is 0 Å². The summed E-state index contributed by atoms with van der Waals surface area (Å²) in [6.07, 6.45) is 9.69. The first kappa shape index (κ1) is 7.26. The standard InChI is InChI=1S/C9H10B/c1-8-4-3-6-9(2,10)7-5-8/h3-7H,1H2,2H3/q-1. The van der Waals surface area contributed by atoms with E-state index in [-0.39, 0.29) is 5.31 Å². The maximum Gasteiger partial charge on any atom is 0.0712 e. The highest BCUT2D eigenvalue weighted by molar-refractivity contribution is 6.18. The molecule has 2 radical (unpaired) electrons. The van der Waals surface area contributed by atoms with Crippen LogP contribution in [0.5, 0.6) is 0 Å². The van der Waals surface area contributed by atoms with Crippen LogP contribution in [0, 0.1) is 6.42 Å². The molecule has 0 bridgehead atoms. The first-order valence-corrected chi connectivity index (χ1v) is 3.30. The van der Waals surface area contributed by atoms with Gasteiger partial charge in [0, 0.05) is 0 Å². The lowest BCUT2D eigenvalue weighted by atomic mass is 9.70. The molecule has 1 rings (SSSR count). The number of allylic oxidation sites excluding steroid dienone is 5. The van der Waals surface area contributed by atoms with Crippen LogP contribution in [0.3, 0.4) is 0 Å². The minimum absolute atomic E-state index is 0.310. The minimum Gasteiger partial charge on any atom is -0.171 e. The van der Waals surface area contributed by atoms with Crippen LogP contribution in [0.2, 0.25) is 5.31 Å². The van der Waals surface area contributed by atoms with Gasteiger partial charge in [-0.15, -0.1) is 24.6 Å². The minimum atomic E-state index is -0.310. The molecular formula is C9H10B-. The fourth-order valence-electron chi connectivity index (χ4n) is 0.777. The summed E-state index contributed by atoms with van der Waals surface area (Å²) in [4.78, 5) is 0. The molecule has 50 valence electrons. The molecule has 0 N–H and O–H groups in total. The first-order chi connectivity index (χ1) is 4.60. The number of hydrogen-bond donors (Lipinski definition) is 0. The van der Waals surface area contributed by atoms with Crippen molar-refractivity contribution >= 4 is 7.85 Å². The van der Waals surface area contributed by atoms with E-state index in [0.717, 1.165) is 5.57 Å². The summed E-state index contributed by atoms with van der Waals surface area (Å²) in [5.74, 6) is 0. The first-order valence-electron chi connectivity index (χ1n) is 3.30. The molecule has 0 saturated heterocycles. The van der Waals surface area contributed by atoms with Gasteiger partial charge in [0.15, 0.2) is 0 Å². The Labute approximate surface area is 63.7 Å². The Kier molecular flexibility index (Phi) is 1.75. The van der Waals surface area contributed by atoms with Crippen molar-refractivity contribution in [3.63, 3.8) is 0 Å². The van der Waals surface area contributed by atoms with Crippen LogP contribution in [0.15, 0.2) is 36.5 Å². The normalized spacial score (nSPS) is 31.5. The van der Waals surface area contributed by atoms with Gasteiger partial charge < -0.3 is 0 Å². The third-order valence-electron chi connectivity index (χ3n) is 1.42. The summed E-state index contributed by atoms with van der Waals surface area (Å²) in [6.45, 7) is 5.74. The Morgan fingerprint density at radius 3 is 3.00 bits per heavy atom. The molecule has 1 aliphatic rings. The number of rotatable bonds is 0. The predicted molar refractivity (Wildman–Crippen MR) is 45.8 cm³/mol. The van der Waals surface area contributed by atoms with Gasteiger partial charge in [-0.05, 0) is 0 Å². The maximum atomic E-state index is 5.81. The van der Waals surface area contributed by atoms with Gasteiger partial charge in [0.2, 0.25) is 0 Å². The third-order valence-corrected chi connectivity index (χ3v) is 1.42. The van der Waals surface area contributed by atoms with Crippen molar-refractivity contribution in [2.24, 2.45) is 0 Å². The second-order valence-corrected chi connectivity index (χ2v) is 2.80. The van der Waals surface area contributed by atoms with Crippen molar-refractivity contribution in [2.75, 3.05) is 0 Å². The molecule has 0 fully saturated rings. The van der Waals surface area contributed by atoms with Gasteiger partial charge in [-0.25, -0.2) is 0 Å². The molecule has 0 amide bonds. The average Bonchev–Trinajstić information content (AvgIpc) is 1.94. The second kappa shape index (κ2) is 2.41. The summed E-state index contributed by atoms with van der Waals surface area (Å²) in [6, 6.07) is 0. The van der Waals surface area contributed by atoms with Gasteiger partial charge >= 0.3 is 0 Å². The zero-order valence-corrected chi connectivity index (χ0v) is 6.17. The molecule has 0 aliphatic heterocycles. The highest BCUT2D eigenvalue weighted by Gasteiger charge is 2.04. The molecule has 1 unspecified atom stereocenters. The van der Waals surface area contributed by atoms with Gasteiger partial charge in [-0.2, -0.15) is 18.2 Å². The fraction of sp³-hybridized carbons (Fsp3) is 0.222. The van der Waals surface area contributed by atoms with Crippen LogP contribution in [0.1, 0.15) is 6.92 Å². The highest BCUT2D eigenvalue weighted by atomic mass is 14.1. The van der Waals surface area contributed by atoms with E-state index in [0.29, 0.717) is 0 Å². The Morgan fingerprint density at radius 2 is 2.30 bits per heavy atom. The van der Waals surface area contributed by atoms with E-state index < -0.39 is 0 Å². The van der Waals surface area contributed by atoms with Crippen molar-refractivity contribution in [3.8, 4) is 0 Å². The lowest BCUT2D eigenvalue weighted by Crippen LogP contribution is -1.97. The molecule has 0 saturated carbocycles. The SMILES string of the molecule is [B]C1(C)C=C[CH-]C(=C)C=C1. The molecule has 0 aromatic rings. The topological polar surface area (TPSA) is 0 Å².